The Morgan fingerprint density at radius 3 is 2.71 bits per heavy atom. The van der Waals surface area contributed by atoms with Crippen LogP contribution in [0.5, 0.6) is 0 Å². The predicted molar refractivity (Wildman–Crippen MR) is 91.5 cm³/mol. The first-order valence-electron chi connectivity index (χ1n) is 7.28. The van der Waals surface area contributed by atoms with Gasteiger partial charge in [0.1, 0.15) is 0 Å². The van der Waals surface area contributed by atoms with Gasteiger partial charge in [-0.15, -0.1) is 11.6 Å². The van der Waals surface area contributed by atoms with Gasteiger partial charge in [-0.3, -0.25) is 4.99 Å². The Kier molecular flexibility index (Phi) is 4.62. The summed E-state index contributed by atoms with van der Waals surface area (Å²) in [4.78, 5) is 4.90. The van der Waals surface area contributed by atoms with Crippen molar-refractivity contribution in [2.24, 2.45) is 4.99 Å². The molecule has 0 atom stereocenters. The number of hydrogen-bond donors (Lipinski definition) is 0. The van der Waals surface area contributed by atoms with Crippen molar-refractivity contribution in [1.82, 2.24) is 0 Å². The molecule has 0 bridgehead atoms. The van der Waals surface area contributed by atoms with Crippen molar-refractivity contribution < 1.29 is 0 Å². The molecule has 0 saturated carbocycles. The summed E-state index contributed by atoms with van der Waals surface area (Å²) in [6, 6.07) is 14.5. The van der Waals surface area contributed by atoms with Crippen LogP contribution in [0, 0.1) is 0 Å². The number of hydrogen-bond acceptors (Lipinski definition) is 1. The van der Waals surface area contributed by atoms with Crippen LogP contribution >= 0.6 is 23.2 Å². The zero-order valence-corrected chi connectivity index (χ0v) is 13.3. The highest BCUT2D eigenvalue weighted by Gasteiger charge is 2.16. The van der Waals surface area contributed by atoms with Crippen LogP contribution in [0.15, 0.2) is 47.5 Å². The van der Waals surface area contributed by atoms with E-state index in [4.69, 9.17) is 28.2 Å². The van der Waals surface area contributed by atoms with Crippen LogP contribution < -0.4 is 0 Å². The molecule has 2 aromatic rings. The Balaban J connectivity index is 2.04. The minimum atomic E-state index is 0.706. The van der Waals surface area contributed by atoms with Gasteiger partial charge in [0.15, 0.2) is 0 Å². The van der Waals surface area contributed by atoms with E-state index in [1.165, 1.54) is 16.7 Å². The molecule has 0 N–H and O–H groups in total. The predicted octanol–water partition coefficient (Wildman–Crippen LogP) is 5.77. The number of alkyl halides is 1. The second kappa shape index (κ2) is 6.64. The van der Waals surface area contributed by atoms with Gasteiger partial charge in [-0.25, -0.2) is 0 Å². The van der Waals surface area contributed by atoms with E-state index in [0.29, 0.717) is 5.88 Å². The van der Waals surface area contributed by atoms with Crippen LogP contribution in [0.1, 0.15) is 36.0 Å². The summed E-state index contributed by atoms with van der Waals surface area (Å²) in [5, 5.41) is 0.739. The quantitative estimate of drug-likeness (QED) is 0.501. The van der Waals surface area contributed by atoms with Crippen LogP contribution in [0.2, 0.25) is 5.02 Å². The third-order valence-corrected chi connectivity index (χ3v) is 4.31. The molecule has 21 heavy (non-hydrogen) atoms. The topological polar surface area (TPSA) is 12.4 Å². The molecule has 0 aromatic heterocycles. The Morgan fingerprint density at radius 2 is 1.86 bits per heavy atom. The average molecular weight is 318 g/mol. The lowest BCUT2D eigenvalue weighted by Gasteiger charge is -2.08. The number of benzene rings is 2. The Hall–Kier alpha value is -1.31. The molecule has 108 valence electrons. The molecule has 2 aromatic carbocycles. The van der Waals surface area contributed by atoms with Crippen molar-refractivity contribution in [2.75, 3.05) is 5.88 Å². The van der Waals surface area contributed by atoms with Crippen molar-refractivity contribution in [3.8, 4) is 0 Å². The maximum Gasteiger partial charge on any atom is 0.0683 e. The van der Waals surface area contributed by atoms with Crippen molar-refractivity contribution in [3.05, 3.63) is 64.2 Å². The van der Waals surface area contributed by atoms with Crippen LogP contribution in [0.4, 0.5) is 5.69 Å². The van der Waals surface area contributed by atoms with E-state index in [1.807, 2.05) is 12.1 Å². The minimum Gasteiger partial charge on any atom is -0.252 e. The van der Waals surface area contributed by atoms with Gasteiger partial charge in [-0.05, 0) is 48.1 Å². The highest BCUT2D eigenvalue weighted by molar-refractivity contribution is 6.30. The van der Waals surface area contributed by atoms with Crippen LogP contribution in [0.25, 0.3) is 0 Å². The Bertz CT molecular complexity index is 677. The van der Waals surface area contributed by atoms with E-state index in [2.05, 4.69) is 30.3 Å². The molecule has 0 saturated heterocycles. The summed E-state index contributed by atoms with van der Waals surface area (Å²) < 4.78 is 0. The van der Waals surface area contributed by atoms with Crippen molar-refractivity contribution >= 4 is 34.6 Å². The molecule has 1 nitrogen and oxygen atoms in total. The van der Waals surface area contributed by atoms with E-state index in [9.17, 15) is 0 Å². The summed E-state index contributed by atoms with van der Waals surface area (Å²) >= 11 is 11.9. The highest BCUT2D eigenvalue weighted by Crippen LogP contribution is 2.32. The van der Waals surface area contributed by atoms with Gasteiger partial charge < -0.3 is 0 Å². The summed E-state index contributed by atoms with van der Waals surface area (Å²) in [6.45, 7) is 0. The van der Waals surface area contributed by atoms with Crippen LogP contribution in [-0.4, -0.2) is 11.6 Å². The molecule has 3 heteroatoms. The lowest BCUT2D eigenvalue weighted by Crippen LogP contribution is -2.03. The molecule has 1 aliphatic heterocycles. The second-order valence-corrected chi connectivity index (χ2v) is 6.13. The number of nitrogens with zero attached hydrogens (tertiary/aromatic N) is 1. The molecule has 0 fully saturated rings. The third kappa shape index (κ3) is 3.30. The lowest BCUT2D eigenvalue weighted by atomic mass is 9.96. The summed E-state index contributed by atoms with van der Waals surface area (Å²) in [5.74, 6) is 0.706. The normalized spacial score (nSPS) is 13.1. The number of halogens is 2. The molecule has 0 amide bonds. The first-order valence-corrected chi connectivity index (χ1v) is 8.19. The molecule has 0 aliphatic carbocycles. The average Bonchev–Trinajstić information content (AvgIpc) is 2.64. The van der Waals surface area contributed by atoms with Crippen molar-refractivity contribution in [2.45, 2.75) is 25.7 Å². The van der Waals surface area contributed by atoms with E-state index in [0.717, 1.165) is 42.1 Å². The van der Waals surface area contributed by atoms with Gasteiger partial charge in [0, 0.05) is 23.0 Å². The van der Waals surface area contributed by atoms with Gasteiger partial charge in [-0.2, -0.15) is 0 Å². The van der Waals surface area contributed by atoms with Gasteiger partial charge >= 0.3 is 0 Å². The lowest BCUT2D eigenvalue weighted by molar-refractivity contribution is 0.840. The van der Waals surface area contributed by atoms with Crippen molar-refractivity contribution in [1.29, 1.82) is 0 Å². The largest absolute Gasteiger partial charge is 0.252 e. The first kappa shape index (κ1) is 14.6. The molecule has 1 aliphatic rings. The number of aliphatic imine (C=N–C) groups is 1. The second-order valence-electron chi connectivity index (χ2n) is 5.31. The van der Waals surface area contributed by atoms with E-state index in [-0.39, 0.29) is 0 Å². The fraction of sp³-hybridized carbons (Fsp3) is 0.278. The number of rotatable bonds is 4. The molecular formula is C18H17Cl2N. The third-order valence-electron chi connectivity index (χ3n) is 3.81. The molecule has 3 rings (SSSR count). The molecular weight excluding hydrogens is 301 g/mol. The summed E-state index contributed by atoms with van der Waals surface area (Å²) in [5.41, 5.74) is 5.98. The Labute approximate surface area is 135 Å². The van der Waals surface area contributed by atoms with E-state index < -0.39 is 0 Å². The zero-order valence-electron chi connectivity index (χ0n) is 11.8. The van der Waals surface area contributed by atoms with E-state index >= 15 is 0 Å². The minimum absolute atomic E-state index is 0.706. The smallest absolute Gasteiger partial charge is 0.0683 e. The monoisotopic (exact) mass is 317 g/mol. The summed E-state index contributed by atoms with van der Waals surface area (Å²) in [7, 11) is 0. The van der Waals surface area contributed by atoms with Crippen LogP contribution in [0.3, 0.4) is 0 Å². The number of unbranched alkanes of at least 4 members (excludes halogenated alkanes) is 1. The maximum absolute atomic E-state index is 6.13. The van der Waals surface area contributed by atoms with Crippen LogP contribution in [-0.2, 0) is 6.42 Å². The maximum atomic E-state index is 6.13. The van der Waals surface area contributed by atoms with Gasteiger partial charge in [0.25, 0.3) is 0 Å². The fourth-order valence-corrected chi connectivity index (χ4v) is 3.09. The fourth-order valence-electron chi connectivity index (χ4n) is 2.73. The first-order chi connectivity index (χ1) is 10.3. The Morgan fingerprint density at radius 1 is 1.00 bits per heavy atom. The molecule has 1 heterocycles. The van der Waals surface area contributed by atoms with E-state index in [1.54, 1.807) is 0 Å². The van der Waals surface area contributed by atoms with Gasteiger partial charge in [0.05, 0.1) is 5.69 Å². The molecule has 0 spiro atoms. The SMILES string of the molecule is ClCCCCC1=Nc2cc(Cl)ccc2Cc2ccccc21. The number of fused-ring (bicyclic) bond motifs is 2. The highest BCUT2D eigenvalue weighted by atomic mass is 35.5. The molecule has 0 radical (unpaired) electrons. The van der Waals surface area contributed by atoms with Gasteiger partial charge in [-0.1, -0.05) is 41.9 Å². The van der Waals surface area contributed by atoms with Gasteiger partial charge in [0.2, 0.25) is 0 Å². The zero-order chi connectivity index (χ0) is 14.7. The molecule has 0 unspecified atom stereocenters. The standard InChI is InChI=1S/C18H17Cl2N/c19-10-4-3-7-17-16-6-2-1-5-13(16)11-14-8-9-15(20)12-18(14)21-17/h1-2,5-6,8-9,12H,3-4,7,10-11H2. The van der Waals surface area contributed by atoms with Crippen molar-refractivity contribution in [3.63, 3.8) is 0 Å². The summed E-state index contributed by atoms with van der Waals surface area (Å²) in [6.07, 6.45) is 3.94.